The summed E-state index contributed by atoms with van der Waals surface area (Å²) in [6.45, 7) is 3.09. The predicted molar refractivity (Wildman–Crippen MR) is 116 cm³/mol. The molecule has 5 rings (SSSR count). The summed E-state index contributed by atoms with van der Waals surface area (Å²) in [5.41, 5.74) is 2.57. The van der Waals surface area contributed by atoms with Crippen LogP contribution in [0.3, 0.4) is 0 Å². The van der Waals surface area contributed by atoms with Gasteiger partial charge in [-0.05, 0) is 61.8 Å². The molecule has 0 unspecified atom stereocenters. The van der Waals surface area contributed by atoms with Gasteiger partial charge in [0.1, 0.15) is 11.6 Å². The van der Waals surface area contributed by atoms with E-state index in [0.29, 0.717) is 10.6 Å². The molecule has 0 spiro atoms. The van der Waals surface area contributed by atoms with E-state index in [1.54, 1.807) is 12.1 Å². The largest absolute Gasteiger partial charge is 0.508 e. The highest BCUT2D eigenvalue weighted by atomic mass is 32.1. The van der Waals surface area contributed by atoms with Crippen LogP contribution in [0.5, 0.6) is 5.75 Å². The number of hydrogen-bond acceptors (Lipinski definition) is 5. The highest BCUT2D eigenvalue weighted by Gasteiger charge is 2.50. The van der Waals surface area contributed by atoms with Crippen LogP contribution < -0.4 is 10.6 Å². The summed E-state index contributed by atoms with van der Waals surface area (Å²) in [6, 6.07) is 9.70. The van der Waals surface area contributed by atoms with Crippen molar-refractivity contribution in [2.45, 2.75) is 37.3 Å². The molecule has 1 aliphatic heterocycles. The van der Waals surface area contributed by atoms with Gasteiger partial charge in [-0.3, -0.25) is 5.32 Å². The Hall–Kier alpha value is -2.71. The fourth-order valence-electron chi connectivity index (χ4n) is 4.97. The number of anilines is 1. The third-order valence-corrected chi connectivity index (χ3v) is 7.57. The molecule has 3 aromatic rings. The minimum Gasteiger partial charge on any atom is -0.508 e. The lowest BCUT2D eigenvalue weighted by Gasteiger charge is -2.54. The second-order valence-corrected chi connectivity index (χ2v) is 9.50. The molecule has 0 saturated carbocycles. The fourth-order valence-corrected chi connectivity index (χ4v) is 5.81. The SMILES string of the molecule is CN1CC[C@]2(C)c3cc(O)ccc3C[C@@H]1[C@@H]2NC(=O)Nc1nc2cc(F)ccc2s1. The monoisotopic (exact) mass is 426 g/mol. The summed E-state index contributed by atoms with van der Waals surface area (Å²) in [6.07, 6.45) is 1.69. The molecule has 1 saturated heterocycles. The van der Waals surface area contributed by atoms with Gasteiger partial charge in [-0.1, -0.05) is 24.3 Å². The molecule has 3 atom stereocenters. The van der Waals surface area contributed by atoms with Crippen molar-refractivity contribution in [3.63, 3.8) is 0 Å². The first-order valence-corrected chi connectivity index (χ1v) is 10.8. The Morgan fingerprint density at radius 2 is 2.17 bits per heavy atom. The van der Waals surface area contributed by atoms with Gasteiger partial charge in [-0.15, -0.1) is 0 Å². The van der Waals surface area contributed by atoms with E-state index in [-0.39, 0.29) is 35.1 Å². The third kappa shape index (κ3) is 3.11. The van der Waals surface area contributed by atoms with E-state index in [0.717, 1.165) is 29.6 Å². The number of benzene rings is 2. The number of urea groups is 1. The van der Waals surface area contributed by atoms with Crippen LogP contribution >= 0.6 is 11.3 Å². The molecule has 2 aliphatic rings. The van der Waals surface area contributed by atoms with Gasteiger partial charge in [0.05, 0.1) is 16.3 Å². The summed E-state index contributed by atoms with van der Waals surface area (Å²) < 4.78 is 14.2. The van der Waals surface area contributed by atoms with Crippen LogP contribution in [0.2, 0.25) is 0 Å². The van der Waals surface area contributed by atoms with Crippen molar-refractivity contribution in [2.24, 2.45) is 0 Å². The Morgan fingerprint density at radius 1 is 1.33 bits per heavy atom. The Labute approximate surface area is 177 Å². The van der Waals surface area contributed by atoms with E-state index in [1.807, 2.05) is 12.1 Å². The second-order valence-electron chi connectivity index (χ2n) is 8.47. The standard InChI is InChI=1S/C22H23FN4O2S/c1-22-7-8-27(2)17(9-12-3-5-14(28)11-15(12)22)19(22)25-20(29)26-21-24-16-10-13(23)4-6-18(16)30-21/h3-6,10-11,17,19,28H,7-9H2,1-2H3,(H2,24,25,26,29)/t17-,19+,22-/m1/s1. The van der Waals surface area contributed by atoms with E-state index in [9.17, 15) is 14.3 Å². The van der Waals surface area contributed by atoms with Crippen LogP contribution in [0.1, 0.15) is 24.5 Å². The number of phenols is 1. The number of fused-ring (bicyclic) bond motifs is 5. The average molecular weight is 427 g/mol. The van der Waals surface area contributed by atoms with Gasteiger partial charge in [-0.25, -0.2) is 14.2 Å². The van der Waals surface area contributed by atoms with Gasteiger partial charge >= 0.3 is 6.03 Å². The van der Waals surface area contributed by atoms with Crippen LogP contribution in [0.15, 0.2) is 36.4 Å². The molecule has 0 radical (unpaired) electrons. The van der Waals surface area contributed by atoms with Crippen LogP contribution in [0.25, 0.3) is 10.2 Å². The topological polar surface area (TPSA) is 77.5 Å². The van der Waals surface area contributed by atoms with Crippen LogP contribution in [-0.4, -0.2) is 46.7 Å². The summed E-state index contributed by atoms with van der Waals surface area (Å²) in [4.78, 5) is 19.5. The number of phenolic OH excluding ortho intramolecular Hbond substituents is 1. The normalized spacial score (nSPS) is 25.7. The molecule has 2 heterocycles. The molecule has 8 heteroatoms. The molecule has 3 N–H and O–H groups in total. The molecule has 6 nitrogen and oxygen atoms in total. The lowest BCUT2D eigenvalue weighted by Crippen LogP contribution is -2.67. The van der Waals surface area contributed by atoms with Crippen LogP contribution in [0.4, 0.5) is 14.3 Å². The van der Waals surface area contributed by atoms with Gasteiger partial charge in [0, 0.05) is 17.5 Å². The van der Waals surface area contributed by atoms with Gasteiger partial charge in [-0.2, -0.15) is 0 Å². The molecule has 1 aromatic heterocycles. The summed E-state index contributed by atoms with van der Waals surface area (Å²) in [5.74, 6) is -0.103. The molecule has 156 valence electrons. The molecular weight excluding hydrogens is 403 g/mol. The van der Waals surface area contributed by atoms with Gasteiger partial charge < -0.3 is 15.3 Å². The molecule has 2 aromatic carbocycles. The number of piperidine rings is 1. The molecule has 2 bridgehead atoms. The molecule has 1 aliphatic carbocycles. The molecule has 1 fully saturated rings. The first-order chi connectivity index (χ1) is 14.3. The smallest absolute Gasteiger partial charge is 0.321 e. The Kier molecular flexibility index (Phi) is 4.44. The first kappa shape index (κ1) is 19.3. The number of likely N-dealkylation sites (tertiary alicyclic amines) is 1. The number of nitrogens with zero attached hydrogens (tertiary/aromatic N) is 2. The zero-order valence-electron chi connectivity index (χ0n) is 16.8. The highest BCUT2D eigenvalue weighted by Crippen LogP contribution is 2.45. The van der Waals surface area contributed by atoms with E-state index in [1.165, 1.54) is 29.0 Å². The minimum absolute atomic E-state index is 0.114. The van der Waals surface area contributed by atoms with Crippen molar-refractivity contribution >= 4 is 32.7 Å². The lowest BCUT2D eigenvalue weighted by molar-refractivity contribution is 0.0718. The maximum absolute atomic E-state index is 13.4. The van der Waals surface area contributed by atoms with Crippen LogP contribution in [-0.2, 0) is 11.8 Å². The quantitative estimate of drug-likeness (QED) is 0.582. The molecule has 2 amide bonds. The first-order valence-electron chi connectivity index (χ1n) is 10.00. The van der Waals surface area contributed by atoms with Crippen molar-refractivity contribution in [3.8, 4) is 5.75 Å². The minimum atomic E-state index is -0.350. The summed E-state index contributed by atoms with van der Waals surface area (Å²) in [7, 11) is 2.09. The van der Waals surface area contributed by atoms with E-state index in [4.69, 9.17) is 0 Å². The van der Waals surface area contributed by atoms with E-state index in [2.05, 4.69) is 34.5 Å². The maximum atomic E-state index is 13.4. The number of rotatable bonds is 2. The van der Waals surface area contributed by atoms with Crippen molar-refractivity contribution in [1.29, 1.82) is 0 Å². The van der Waals surface area contributed by atoms with Crippen molar-refractivity contribution in [2.75, 3.05) is 18.9 Å². The Balaban J connectivity index is 1.41. The maximum Gasteiger partial charge on any atom is 0.321 e. The number of thiazole rings is 1. The average Bonchev–Trinajstić information content (AvgIpc) is 3.09. The summed E-state index contributed by atoms with van der Waals surface area (Å²) in [5, 5.41) is 16.5. The number of carbonyl (C=O) groups is 1. The molecule has 30 heavy (non-hydrogen) atoms. The number of likely N-dealkylation sites (N-methyl/N-ethyl adjacent to an activating group) is 1. The fraction of sp³-hybridized carbons (Fsp3) is 0.364. The van der Waals surface area contributed by atoms with Crippen molar-refractivity contribution in [3.05, 3.63) is 53.3 Å². The van der Waals surface area contributed by atoms with E-state index < -0.39 is 0 Å². The Morgan fingerprint density at radius 3 is 3.00 bits per heavy atom. The number of hydrogen-bond donors (Lipinski definition) is 3. The zero-order valence-corrected chi connectivity index (χ0v) is 17.6. The third-order valence-electron chi connectivity index (χ3n) is 6.62. The number of halogens is 1. The van der Waals surface area contributed by atoms with E-state index >= 15 is 0 Å². The van der Waals surface area contributed by atoms with Crippen molar-refractivity contribution < 1.29 is 14.3 Å². The predicted octanol–water partition coefficient (Wildman–Crippen LogP) is 3.85. The highest BCUT2D eigenvalue weighted by molar-refractivity contribution is 7.22. The number of carbonyl (C=O) groups excluding carboxylic acids is 1. The Bertz CT molecular complexity index is 1150. The number of aromatic hydroxyl groups is 1. The number of aromatic nitrogens is 1. The second kappa shape index (κ2) is 6.92. The lowest BCUT2D eigenvalue weighted by atomic mass is 9.61. The van der Waals surface area contributed by atoms with Crippen LogP contribution in [0, 0.1) is 5.82 Å². The molecular formula is C22H23FN4O2S. The van der Waals surface area contributed by atoms with Gasteiger partial charge in [0.2, 0.25) is 0 Å². The number of nitrogens with one attached hydrogen (secondary N) is 2. The summed E-state index contributed by atoms with van der Waals surface area (Å²) >= 11 is 1.31. The van der Waals surface area contributed by atoms with Crippen molar-refractivity contribution in [1.82, 2.24) is 15.2 Å². The number of amides is 2. The zero-order chi connectivity index (χ0) is 21.0. The van der Waals surface area contributed by atoms with Gasteiger partial charge in [0.15, 0.2) is 5.13 Å². The van der Waals surface area contributed by atoms with Gasteiger partial charge in [0.25, 0.3) is 0 Å².